The van der Waals surface area contributed by atoms with Gasteiger partial charge < -0.3 is 9.47 Å². The van der Waals surface area contributed by atoms with Gasteiger partial charge in [0.15, 0.2) is 0 Å². The van der Waals surface area contributed by atoms with E-state index in [1.54, 1.807) is 9.58 Å². The van der Waals surface area contributed by atoms with Crippen LogP contribution in [0, 0.1) is 0 Å². The number of aromatic nitrogens is 4. The minimum Gasteiger partial charge on any atom is -0.344 e. The molecule has 0 aliphatic carbocycles. The van der Waals surface area contributed by atoms with E-state index in [4.69, 9.17) is 0 Å². The number of carbonyl (C=O) groups excluding carboxylic acids is 1. The molecule has 3 aromatic rings. The van der Waals surface area contributed by atoms with E-state index in [2.05, 4.69) is 31.6 Å². The number of rotatable bonds is 6. The zero-order chi connectivity index (χ0) is 18.8. The Morgan fingerprint density at radius 3 is 3.00 bits per heavy atom. The van der Waals surface area contributed by atoms with Gasteiger partial charge in [-0.3, -0.25) is 14.9 Å². The molecular weight excluding hydrogens is 342 g/mol. The van der Waals surface area contributed by atoms with E-state index in [-0.39, 0.29) is 18.0 Å². The maximum atomic E-state index is 12.7. The summed E-state index contributed by atoms with van der Waals surface area (Å²) in [6, 6.07) is 8.07. The van der Waals surface area contributed by atoms with Gasteiger partial charge in [-0.15, -0.1) is 0 Å². The quantitative estimate of drug-likeness (QED) is 0.671. The summed E-state index contributed by atoms with van der Waals surface area (Å²) in [6.45, 7) is 1.45. The Morgan fingerprint density at radius 2 is 2.19 bits per heavy atom. The number of amides is 1. The van der Waals surface area contributed by atoms with Crippen LogP contribution in [0.1, 0.15) is 12.0 Å². The molecule has 1 aliphatic heterocycles. The van der Waals surface area contributed by atoms with Crippen molar-refractivity contribution >= 4 is 16.9 Å². The molecule has 8 heteroatoms. The molecule has 1 amide bonds. The first-order valence-corrected chi connectivity index (χ1v) is 9.23. The highest BCUT2D eigenvalue weighted by molar-refractivity contribution is 5.82. The Labute approximate surface area is 158 Å². The number of hydrogen-bond donors (Lipinski definition) is 2. The third kappa shape index (κ3) is 3.86. The van der Waals surface area contributed by atoms with Crippen LogP contribution >= 0.6 is 0 Å². The average Bonchev–Trinajstić information content (AvgIpc) is 3.40. The summed E-state index contributed by atoms with van der Waals surface area (Å²) in [7, 11) is 3.76. The van der Waals surface area contributed by atoms with Crippen LogP contribution < -0.4 is 10.9 Å². The van der Waals surface area contributed by atoms with E-state index in [9.17, 15) is 4.79 Å². The smallest absolute Gasteiger partial charge is 0.240 e. The van der Waals surface area contributed by atoms with Crippen molar-refractivity contribution in [1.29, 1.82) is 0 Å². The van der Waals surface area contributed by atoms with E-state index in [0.717, 1.165) is 36.0 Å². The molecule has 3 heterocycles. The predicted molar refractivity (Wildman–Crippen MR) is 103 cm³/mol. The summed E-state index contributed by atoms with van der Waals surface area (Å²) in [5.74, 6) is 0.115. The predicted octanol–water partition coefficient (Wildman–Crippen LogP) is 0.706. The van der Waals surface area contributed by atoms with Crippen LogP contribution in [0.2, 0.25) is 0 Å². The number of fused-ring (bicyclic) bond motifs is 1. The molecule has 1 aliphatic rings. The second-order valence-electron chi connectivity index (χ2n) is 7.19. The molecule has 2 unspecified atom stereocenters. The van der Waals surface area contributed by atoms with Gasteiger partial charge in [-0.05, 0) is 30.5 Å². The summed E-state index contributed by atoms with van der Waals surface area (Å²) in [5.41, 5.74) is 9.67. The zero-order valence-electron chi connectivity index (χ0n) is 15.7. The lowest BCUT2D eigenvalue weighted by atomic mass is 10.1. The van der Waals surface area contributed by atoms with Gasteiger partial charge in [0.2, 0.25) is 5.91 Å². The lowest BCUT2D eigenvalue weighted by Gasteiger charge is -2.20. The monoisotopic (exact) mass is 367 g/mol. The Balaban J connectivity index is 1.31. The summed E-state index contributed by atoms with van der Waals surface area (Å²) in [5, 5.41) is 4.17. The second-order valence-corrected chi connectivity index (χ2v) is 7.19. The molecule has 4 rings (SSSR count). The van der Waals surface area contributed by atoms with E-state index < -0.39 is 0 Å². The third-order valence-corrected chi connectivity index (χ3v) is 5.09. The average molecular weight is 367 g/mol. The topological polar surface area (TPSA) is 80.0 Å². The van der Waals surface area contributed by atoms with Gasteiger partial charge in [-0.1, -0.05) is 12.1 Å². The molecule has 27 heavy (non-hydrogen) atoms. The number of likely N-dealkylation sites (N-methyl/N-ethyl adjacent to an activating group) is 1. The Morgan fingerprint density at radius 1 is 1.33 bits per heavy atom. The van der Waals surface area contributed by atoms with Crippen molar-refractivity contribution in [3.05, 3.63) is 48.5 Å². The molecule has 2 N–H and O–H groups in total. The number of benzene rings is 1. The highest BCUT2D eigenvalue weighted by Crippen LogP contribution is 2.15. The fraction of sp³-hybridized carbons (Fsp3) is 0.421. The molecule has 0 radical (unpaired) electrons. The van der Waals surface area contributed by atoms with Crippen molar-refractivity contribution in [2.24, 2.45) is 7.05 Å². The molecule has 2 aromatic heterocycles. The minimum atomic E-state index is -0.205. The van der Waals surface area contributed by atoms with Crippen molar-refractivity contribution in [1.82, 2.24) is 35.1 Å². The highest BCUT2D eigenvalue weighted by Gasteiger charge is 2.31. The van der Waals surface area contributed by atoms with Crippen molar-refractivity contribution in [3.8, 4) is 0 Å². The third-order valence-electron chi connectivity index (χ3n) is 5.09. The van der Waals surface area contributed by atoms with E-state index in [0.29, 0.717) is 6.54 Å². The molecule has 1 fully saturated rings. The normalized spacial score (nSPS) is 19.6. The number of nitrogens with one attached hydrogen (secondary N) is 2. The van der Waals surface area contributed by atoms with Gasteiger partial charge in [0.05, 0.1) is 23.6 Å². The first-order chi connectivity index (χ1) is 13.1. The number of para-hydroxylation sites is 2. The summed E-state index contributed by atoms with van der Waals surface area (Å²) in [4.78, 5) is 18.9. The molecule has 1 aromatic carbocycles. The van der Waals surface area contributed by atoms with E-state index >= 15 is 0 Å². The van der Waals surface area contributed by atoms with Gasteiger partial charge >= 0.3 is 0 Å². The van der Waals surface area contributed by atoms with Gasteiger partial charge in [-0.25, -0.2) is 10.4 Å². The molecule has 2 atom stereocenters. The van der Waals surface area contributed by atoms with Crippen molar-refractivity contribution in [2.75, 3.05) is 13.6 Å². The fourth-order valence-electron chi connectivity index (χ4n) is 3.57. The number of carbonyl (C=O) groups is 1. The largest absolute Gasteiger partial charge is 0.344 e. The molecule has 0 spiro atoms. The highest BCUT2D eigenvalue weighted by atomic mass is 16.2. The molecule has 0 bridgehead atoms. The second kappa shape index (κ2) is 7.50. The Bertz CT molecular complexity index is 931. The SMILES string of the molecule is CN(CCc1cnn(C)c1)C(=O)C1CC(Cn2cnc3ccccc32)NN1. The summed E-state index contributed by atoms with van der Waals surface area (Å²) >= 11 is 0. The van der Waals surface area contributed by atoms with Crippen molar-refractivity contribution in [3.63, 3.8) is 0 Å². The van der Waals surface area contributed by atoms with Gasteiger partial charge in [0.1, 0.15) is 6.04 Å². The van der Waals surface area contributed by atoms with Crippen LogP contribution in [-0.2, 0) is 24.8 Å². The fourth-order valence-corrected chi connectivity index (χ4v) is 3.57. The van der Waals surface area contributed by atoms with Crippen LogP contribution in [0.3, 0.4) is 0 Å². The number of imidazole rings is 1. The summed E-state index contributed by atoms with van der Waals surface area (Å²) in [6.07, 6.45) is 7.25. The lowest BCUT2D eigenvalue weighted by Crippen LogP contribution is -2.44. The van der Waals surface area contributed by atoms with Crippen LogP contribution in [0.4, 0.5) is 0 Å². The van der Waals surface area contributed by atoms with Crippen LogP contribution in [-0.4, -0.2) is 55.8 Å². The molecule has 8 nitrogen and oxygen atoms in total. The number of nitrogens with zero attached hydrogens (tertiary/aromatic N) is 5. The van der Waals surface area contributed by atoms with E-state index in [1.807, 2.05) is 51.0 Å². The van der Waals surface area contributed by atoms with Crippen LogP contribution in [0.5, 0.6) is 0 Å². The maximum Gasteiger partial charge on any atom is 0.240 e. The number of hydrazine groups is 1. The van der Waals surface area contributed by atoms with Gasteiger partial charge in [0, 0.05) is 39.4 Å². The zero-order valence-corrected chi connectivity index (χ0v) is 15.7. The summed E-state index contributed by atoms with van der Waals surface area (Å²) < 4.78 is 3.91. The number of aryl methyl sites for hydroxylation is 1. The van der Waals surface area contributed by atoms with E-state index in [1.165, 1.54) is 0 Å². The van der Waals surface area contributed by atoms with Crippen molar-refractivity contribution in [2.45, 2.75) is 31.5 Å². The lowest BCUT2D eigenvalue weighted by molar-refractivity contribution is -0.131. The van der Waals surface area contributed by atoms with Crippen LogP contribution in [0.15, 0.2) is 43.0 Å². The molecular formula is C19H25N7O. The standard InChI is InChI=1S/C19H25N7O/c1-24(8-7-14-10-21-25(2)11-14)19(27)17-9-15(22-23-17)12-26-13-20-16-5-3-4-6-18(16)26/h3-6,10-11,13,15,17,22-23H,7-9,12H2,1-2H3. The molecule has 0 saturated carbocycles. The molecule has 1 saturated heterocycles. The van der Waals surface area contributed by atoms with Gasteiger partial charge in [-0.2, -0.15) is 5.10 Å². The van der Waals surface area contributed by atoms with Gasteiger partial charge in [0.25, 0.3) is 0 Å². The van der Waals surface area contributed by atoms with Crippen LogP contribution in [0.25, 0.3) is 11.0 Å². The first-order valence-electron chi connectivity index (χ1n) is 9.23. The van der Waals surface area contributed by atoms with Crippen molar-refractivity contribution < 1.29 is 4.79 Å². The Hall–Kier alpha value is -2.71. The maximum absolute atomic E-state index is 12.7. The first kappa shape index (κ1) is 17.7. The molecule has 142 valence electrons. The minimum absolute atomic E-state index is 0.115. The number of hydrogen-bond acceptors (Lipinski definition) is 5. The Kier molecular flexibility index (Phi) is 4.91.